The highest BCUT2D eigenvalue weighted by Gasteiger charge is 2.02. The molecule has 0 amide bonds. The number of benzene rings is 1. The third kappa shape index (κ3) is 1.53. The maximum absolute atomic E-state index is 4.28. The fraction of sp³-hybridized carbons (Fsp3) is 0.273. The summed E-state index contributed by atoms with van der Waals surface area (Å²) in [4.78, 5) is 1.67. The fourth-order valence-electron chi connectivity index (χ4n) is 1.49. The summed E-state index contributed by atoms with van der Waals surface area (Å²) in [6, 6.07) is 6.25. The number of nitrogens with zero attached hydrogens (tertiary/aromatic N) is 3. The van der Waals surface area contributed by atoms with Crippen molar-refractivity contribution >= 4 is 0 Å². The monoisotopic (exact) mass is 187 g/mol. The second-order valence-electron chi connectivity index (χ2n) is 3.57. The molecule has 0 saturated carbocycles. The summed E-state index contributed by atoms with van der Waals surface area (Å²) in [7, 11) is 0. The summed E-state index contributed by atoms with van der Waals surface area (Å²) in [5.74, 6) is 0. The maximum atomic E-state index is 4.28. The summed E-state index contributed by atoms with van der Waals surface area (Å²) in [6.45, 7) is 6.09. The van der Waals surface area contributed by atoms with Crippen molar-refractivity contribution < 1.29 is 0 Å². The Kier molecular flexibility index (Phi) is 2.08. The lowest BCUT2D eigenvalue weighted by molar-refractivity contribution is 0.741. The molecule has 2 aromatic rings. The van der Waals surface area contributed by atoms with Crippen LogP contribution in [0, 0.1) is 20.8 Å². The van der Waals surface area contributed by atoms with Gasteiger partial charge in [-0.25, -0.2) is 0 Å². The van der Waals surface area contributed by atoms with Crippen LogP contribution >= 0.6 is 0 Å². The fourth-order valence-corrected chi connectivity index (χ4v) is 1.49. The van der Waals surface area contributed by atoms with Gasteiger partial charge in [0.2, 0.25) is 0 Å². The standard InChI is InChI=1S/C11H13N3/c1-8-4-5-11(9(2)6-8)14-12-7-10(3)13-14/h4-7H,1-3H3. The van der Waals surface area contributed by atoms with E-state index in [4.69, 9.17) is 0 Å². The van der Waals surface area contributed by atoms with Crippen LogP contribution in [0.3, 0.4) is 0 Å². The summed E-state index contributed by atoms with van der Waals surface area (Å²) in [6.07, 6.45) is 1.76. The van der Waals surface area contributed by atoms with Crippen LogP contribution in [0.5, 0.6) is 0 Å². The summed E-state index contributed by atoms with van der Waals surface area (Å²) >= 11 is 0. The van der Waals surface area contributed by atoms with Crippen molar-refractivity contribution in [1.82, 2.24) is 15.0 Å². The highest BCUT2D eigenvalue weighted by molar-refractivity contribution is 5.40. The van der Waals surface area contributed by atoms with Crippen LogP contribution in [0.1, 0.15) is 16.8 Å². The molecule has 0 N–H and O–H groups in total. The summed E-state index contributed by atoms with van der Waals surface area (Å²) < 4.78 is 0. The first kappa shape index (κ1) is 8.94. The normalized spacial score (nSPS) is 10.5. The van der Waals surface area contributed by atoms with Gasteiger partial charge in [0.1, 0.15) is 0 Å². The molecule has 0 unspecified atom stereocenters. The molecular formula is C11H13N3. The molecule has 0 aliphatic carbocycles. The van der Waals surface area contributed by atoms with Gasteiger partial charge in [-0.3, -0.25) is 0 Å². The first-order valence-electron chi connectivity index (χ1n) is 4.63. The Bertz CT molecular complexity index is 457. The zero-order valence-corrected chi connectivity index (χ0v) is 8.65. The second kappa shape index (κ2) is 3.25. The molecule has 0 saturated heterocycles. The van der Waals surface area contributed by atoms with E-state index < -0.39 is 0 Å². The lowest BCUT2D eigenvalue weighted by Gasteiger charge is -2.04. The van der Waals surface area contributed by atoms with Gasteiger partial charge in [0, 0.05) is 0 Å². The van der Waals surface area contributed by atoms with Crippen molar-refractivity contribution in [3.8, 4) is 5.69 Å². The molecule has 0 aliphatic rings. The van der Waals surface area contributed by atoms with E-state index in [2.05, 4.69) is 36.2 Å². The molecule has 3 heteroatoms. The molecule has 1 heterocycles. The minimum Gasteiger partial charge on any atom is -0.157 e. The number of rotatable bonds is 1. The SMILES string of the molecule is Cc1ccc(-n2ncc(C)n2)c(C)c1. The van der Waals surface area contributed by atoms with Crippen molar-refractivity contribution in [3.05, 3.63) is 41.2 Å². The number of aromatic nitrogens is 3. The molecule has 1 aromatic carbocycles. The van der Waals surface area contributed by atoms with E-state index in [-0.39, 0.29) is 0 Å². The average molecular weight is 187 g/mol. The molecule has 72 valence electrons. The van der Waals surface area contributed by atoms with E-state index >= 15 is 0 Å². The molecule has 14 heavy (non-hydrogen) atoms. The third-order valence-corrected chi connectivity index (χ3v) is 2.17. The van der Waals surface area contributed by atoms with Crippen molar-refractivity contribution in [1.29, 1.82) is 0 Å². The lowest BCUT2D eigenvalue weighted by atomic mass is 10.1. The topological polar surface area (TPSA) is 30.7 Å². The van der Waals surface area contributed by atoms with E-state index in [0.717, 1.165) is 11.4 Å². The predicted molar refractivity (Wildman–Crippen MR) is 55.6 cm³/mol. The molecule has 3 nitrogen and oxygen atoms in total. The van der Waals surface area contributed by atoms with Crippen LogP contribution in [0.15, 0.2) is 24.4 Å². The van der Waals surface area contributed by atoms with Gasteiger partial charge in [-0.1, -0.05) is 17.7 Å². The van der Waals surface area contributed by atoms with Crippen molar-refractivity contribution in [2.45, 2.75) is 20.8 Å². The molecule has 0 atom stereocenters. The molecule has 0 aliphatic heterocycles. The summed E-state index contributed by atoms with van der Waals surface area (Å²) in [5.41, 5.74) is 4.43. The smallest absolute Gasteiger partial charge is 0.0886 e. The highest BCUT2D eigenvalue weighted by atomic mass is 15.5. The number of hydrogen-bond donors (Lipinski definition) is 0. The van der Waals surface area contributed by atoms with Crippen molar-refractivity contribution in [2.75, 3.05) is 0 Å². The van der Waals surface area contributed by atoms with Crippen LogP contribution < -0.4 is 0 Å². The molecule has 2 rings (SSSR count). The second-order valence-corrected chi connectivity index (χ2v) is 3.57. The van der Waals surface area contributed by atoms with Gasteiger partial charge < -0.3 is 0 Å². The van der Waals surface area contributed by atoms with Gasteiger partial charge >= 0.3 is 0 Å². The van der Waals surface area contributed by atoms with E-state index in [1.807, 2.05) is 13.0 Å². The number of aryl methyl sites for hydroxylation is 3. The molecule has 1 aromatic heterocycles. The number of hydrogen-bond acceptors (Lipinski definition) is 2. The minimum atomic E-state index is 0.935. The van der Waals surface area contributed by atoms with Gasteiger partial charge in [0.05, 0.1) is 17.6 Å². The summed E-state index contributed by atoms with van der Waals surface area (Å²) in [5, 5.41) is 8.46. The van der Waals surface area contributed by atoms with E-state index in [9.17, 15) is 0 Å². The van der Waals surface area contributed by atoms with Crippen LogP contribution in [-0.2, 0) is 0 Å². The van der Waals surface area contributed by atoms with Crippen LogP contribution in [0.4, 0.5) is 0 Å². The minimum absolute atomic E-state index is 0.935. The van der Waals surface area contributed by atoms with Crippen LogP contribution in [-0.4, -0.2) is 15.0 Å². The molecule has 0 radical (unpaired) electrons. The van der Waals surface area contributed by atoms with Gasteiger partial charge in [-0.15, -0.1) is 0 Å². The Morgan fingerprint density at radius 1 is 1.14 bits per heavy atom. The predicted octanol–water partition coefficient (Wildman–Crippen LogP) is 2.19. The largest absolute Gasteiger partial charge is 0.157 e. The first-order valence-corrected chi connectivity index (χ1v) is 4.63. The Morgan fingerprint density at radius 2 is 1.93 bits per heavy atom. The van der Waals surface area contributed by atoms with Gasteiger partial charge in [0.15, 0.2) is 0 Å². The Morgan fingerprint density at radius 3 is 2.50 bits per heavy atom. The Hall–Kier alpha value is -1.64. The van der Waals surface area contributed by atoms with Crippen LogP contribution in [0.2, 0.25) is 0 Å². The highest BCUT2D eigenvalue weighted by Crippen LogP contribution is 2.13. The lowest BCUT2D eigenvalue weighted by Crippen LogP contribution is -2.01. The van der Waals surface area contributed by atoms with Crippen molar-refractivity contribution in [3.63, 3.8) is 0 Å². The molecule has 0 bridgehead atoms. The zero-order valence-electron chi connectivity index (χ0n) is 8.65. The average Bonchev–Trinajstić information content (AvgIpc) is 2.51. The van der Waals surface area contributed by atoms with Gasteiger partial charge in [-0.2, -0.15) is 15.0 Å². The maximum Gasteiger partial charge on any atom is 0.0886 e. The van der Waals surface area contributed by atoms with E-state index in [1.54, 1.807) is 11.0 Å². The van der Waals surface area contributed by atoms with Gasteiger partial charge in [0.25, 0.3) is 0 Å². The molecule has 0 fully saturated rings. The van der Waals surface area contributed by atoms with Gasteiger partial charge in [-0.05, 0) is 32.4 Å². The quantitative estimate of drug-likeness (QED) is 0.685. The Balaban J connectivity index is 2.52. The Labute approximate surface area is 83.4 Å². The van der Waals surface area contributed by atoms with Crippen LogP contribution in [0.25, 0.3) is 5.69 Å². The zero-order chi connectivity index (χ0) is 10.1. The van der Waals surface area contributed by atoms with Crippen molar-refractivity contribution in [2.24, 2.45) is 0 Å². The molecule has 0 spiro atoms. The molecular weight excluding hydrogens is 174 g/mol. The first-order chi connectivity index (χ1) is 6.66. The van der Waals surface area contributed by atoms with E-state index in [0.29, 0.717) is 0 Å². The van der Waals surface area contributed by atoms with E-state index in [1.165, 1.54) is 11.1 Å². The third-order valence-electron chi connectivity index (χ3n) is 2.17.